The number of para-hydroxylation sites is 1. The highest BCUT2D eigenvalue weighted by Gasteiger charge is 2.33. The Morgan fingerprint density at radius 3 is 2.40 bits per heavy atom. The van der Waals surface area contributed by atoms with E-state index >= 15 is 0 Å². The van der Waals surface area contributed by atoms with Crippen molar-refractivity contribution in [2.24, 2.45) is 0 Å². The number of sulfonamides is 1. The Bertz CT molecular complexity index is 1680. The number of carbonyl (C=O) groups is 1. The minimum absolute atomic E-state index is 0.0460. The van der Waals surface area contributed by atoms with E-state index in [-0.39, 0.29) is 28.1 Å². The number of piperazine rings is 1. The molecule has 3 aromatic carbocycles. The molecule has 2 heterocycles. The van der Waals surface area contributed by atoms with Crippen molar-refractivity contribution in [1.29, 1.82) is 0 Å². The Kier molecular flexibility index (Phi) is 7.52. The van der Waals surface area contributed by atoms with Gasteiger partial charge in [0.2, 0.25) is 0 Å². The number of aromatic nitrogens is 1. The Morgan fingerprint density at radius 1 is 0.975 bits per heavy atom. The fourth-order valence-corrected chi connectivity index (χ4v) is 6.34. The lowest BCUT2D eigenvalue weighted by Crippen LogP contribution is -2.54. The number of nitrogens with zero attached hydrogens (tertiary/aromatic N) is 3. The van der Waals surface area contributed by atoms with Gasteiger partial charge in [-0.3, -0.25) is 19.4 Å². The topological polar surface area (TPSA) is 82.6 Å². The van der Waals surface area contributed by atoms with E-state index in [1.54, 1.807) is 48.2 Å². The average Bonchev–Trinajstić information content (AvgIpc) is 2.94. The van der Waals surface area contributed by atoms with Gasteiger partial charge in [-0.15, -0.1) is 0 Å². The van der Waals surface area contributed by atoms with Gasteiger partial charge in [0.1, 0.15) is 10.7 Å². The molecule has 1 N–H and O–H groups in total. The molecule has 0 radical (unpaired) electrons. The zero-order valence-electron chi connectivity index (χ0n) is 21.8. The van der Waals surface area contributed by atoms with Crippen LogP contribution in [-0.4, -0.2) is 54.8 Å². The number of rotatable bonds is 6. The van der Waals surface area contributed by atoms with E-state index in [1.807, 2.05) is 11.8 Å². The summed E-state index contributed by atoms with van der Waals surface area (Å²) in [6.45, 7) is 4.41. The Labute approximate surface area is 230 Å². The van der Waals surface area contributed by atoms with Gasteiger partial charge in [0.15, 0.2) is 11.6 Å². The van der Waals surface area contributed by atoms with Gasteiger partial charge < -0.3 is 4.90 Å². The highest BCUT2D eigenvalue weighted by molar-refractivity contribution is 7.93. The lowest BCUT2D eigenvalue weighted by Gasteiger charge is -2.42. The number of nitrogens with one attached hydrogen (secondary N) is 1. The maximum Gasteiger partial charge on any atom is 0.264 e. The number of hydrogen-bond donors (Lipinski definition) is 1. The van der Waals surface area contributed by atoms with Gasteiger partial charge in [-0.05, 0) is 62.4 Å². The summed E-state index contributed by atoms with van der Waals surface area (Å²) in [6, 6.07) is 15.2. The van der Waals surface area contributed by atoms with Crippen molar-refractivity contribution in [3.8, 4) is 0 Å². The summed E-state index contributed by atoms with van der Waals surface area (Å²) in [5.74, 6) is -3.38. The third kappa shape index (κ3) is 5.26. The number of amides is 1. The summed E-state index contributed by atoms with van der Waals surface area (Å²) >= 11 is 0. The van der Waals surface area contributed by atoms with E-state index in [0.29, 0.717) is 36.1 Å². The van der Waals surface area contributed by atoms with Crippen LogP contribution in [0.3, 0.4) is 0 Å². The molecule has 40 heavy (non-hydrogen) atoms. The van der Waals surface area contributed by atoms with Crippen LogP contribution in [0.25, 0.3) is 10.9 Å². The van der Waals surface area contributed by atoms with Gasteiger partial charge in [-0.1, -0.05) is 18.2 Å². The molecule has 0 bridgehead atoms. The molecule has 1 amide bonds. The van der Waals surface area contributed by atoms with Crippen LogP contribution >= 0.6 is 0 Å². The van der Waals surface area contributed by atoms with Crippen molar-refractivity contribution in [1.82, 2.24) is 14.8 Å². The zero-order valence-corrected chi connectivity index (χ0v) is 22.6. The predicted molar refractivity (Wildman–Crippen MR) is 146 cm³/mol. The molecule has 1 aliphatic heterocycles. The fourth-order valence-electron chi connectivity index (χ4n) is 5.10. The van der Waals surface area contributed by atoms with E-state index in [0.717, 1.165) is 12.1 Å². The molecule has 1 unspecified atom stereocenters. The second-order valence-corrected chi connectivity index (χ2v) is 11.4. The number of anilines is 1. The van der Waals surface area contributed by atoms with Gasteiger partial charge in [0, 0.05) is 60.1 Å². The Hall–Kier alpha value is -3.96. The molecular weight excluding hydrogens is 541 g/mol. The first-order chi connectivity index (χ1) is 19.1. The first-order valence-electron chi connectivity index (χ1n) is 12.7. The van der Waals surface area contributed by atoms with Gasteiger partial charge in [0.05, 0.1) is 5.52 Å². The maximum atomic E-state index is 14.3. The van der Waals surface area contributed by atoms with Crippen LogP contribution in [0.5, 0.6) is 0 Å². The first kappa shape index (κ1) is 27.6. The molecule has 1 saturated heterocycles. The quantitative estimate of drug-likeness (QED) is 0.317. The minimum Gasteiger partial charge on any atom is -0.333 e. The van der Waals surface area contributed by atoms with E-state index in [1.165, 1.54) is 24.4 Å². The third-order valence-electron chi connectivity index (χ3n) is 7.23. The van der Waals surface area contributed by atoms with Crippen LogP contribution in [0, 0.1) is 17.5 Å². The number of pyridine rings is 1. The molecule has 0 spiro atoms. The molecule has 0 saturated carbocycles. The van der Waals surface area contributed by atoms with Crippen LogP contribution < -0.4 is 4.72 Å². The average molecular weight is 569 g/mol. The van der Waals surface area contributed by atoms with Crippen molar-refractivity contribution < 1.29 is 26.4 Å². The van der Waals surface area contributed by atoms with Crippen molar-refractivity contribution in [3.05, 3.63) is 102 Å². The molecule has 2 atom stereocenters. The molecule has 1 fully saturated rings. The minimum atomic E-state index is -3.94. The number of benzene rings is 3. The summed E-state index contributed by atoms with van der Waals surface area (Å²) in [6.07, 6.45) is 1.53. The molecule has 208 valence electrons. The van der Waals surface area contributed by atoms with Crippen LogP contribution in [0.2, 0.25) is 0 Å². The summed E-state index contributed by atoms with van der Waals surface area (Å²) in [5, 5.41) is 0.695. The second kappa shape index (κ2) is 10.9. The van der Waals surface area contributed by atoms with Crippen LogP contribution in [0.4, 0.5) is 18.9 Å². The maximum absolute atomic E-state index is 14.3. The molecule has 5 rings (SSSR count). The molecule has 1 aromatic heterocycles. The molecular formula is C29H27F3N4O3S. The normalized spacial score (nSPS) is 17.1. The largest absolute Gasteiger partial charge is 0.333 e. The standard InChI is InChI=1S/C29H27F3N4O3S/c1-18-17-35(19(2)26-23(30)12-13-24(31)27(26)32)15-16-36(18)29(37)21-8-10-22(11-9-21)34-40(38,39)25-7-3-5-20-6-4-14-33-28(20)25/h3-14,18-19,34H,15-17H2,1-2H3/t18-,19?/m0/s1. The van der Waals surface area contributed by atoms with Crippen molar-refractivity contribution in [2.75, 3.05) is 24.4 Å². The smallest absolute Gasteiger partial charge is 0.264 e. The monoisotopic (exact) mass is 568 g/mol. The fraction of sp³-hybridized carbons (Fsp3) is 0.241. The van der Waals surface area contributed by atoms with Crippen molar-refractivity contribution in [2.45, 2.75) is 30.8 Å². The lowest BCUT2D eigenvalue weighted by molar-refractivity contribution is 0.0396. The summed E-state index contributed by atoms with van der Waals surface area (Å²) in [4.78, 5) is 21.0. The molecule has 4 aromatic rings. The molecule has 0 aliphatic carbocycles. The predicted octanol–water partition coefficient (Wildman–Crippen LogP) is 5.36. The van der Waals surface area contributed by atoms with Gasteiger partial charge in [-0.2, -0.15) is 0 Å². The van der Waals surface area contributed by atoms with Crippen molar-refractivity contribution in [3.63, 3.8) is 0 Å². The van der Waals surface area contributed by atoms with Crippen LogP contribution in [0.1, 0.15) is 35.8 Å². The highest BCUT2D eigenvalue weighted by Crippen LogP contribution is 2.30. The molecule has 11 heteroatoms. The lowest BCUT2D eigenvalue weighted by atomic mass is 10.0. The summed E-state index contributed by atoms with van der Waals surface area (Å²) < 4.78 is 71.1. The van der Waals surface area contributed by atoms with Gasteiger partial charge in [-0.25, -0.2) is 21.6 Å². The third-order valence-corrected chi connectivity index (χ3v) is 8.65. The van der Waals surface area contributed by atoms with E-state index in [2.05, 4.69) is 9.71 Å². The number of fused-ring (bicyclic) bond motifs is 1. The number of carbonyl (C=O) groups excluding carboxylic acids is 1. The van der Waals surface area contributed by atoms with Crippen molar-refractivity contribution >= 4 is 32.5 Å². The second-order valence-electron chi connectivity index (χ2n) is 9.79. The highest BCUT2D eigenvalue weighted by atomic mass is 32.2. The molecule has 7 nitrogen and oxygen atoms in total. The zero-order chi connectivity index (χ0) is 28.6. The SMILES string of the molecule is CC(c1c(F)ccc(F)c1F)N1CCN(C(=O)c2ccc(NS(=O)(=O)c3cccc4cccnc34)cc2)[C@@H](C)C1. The number of hydrogen-bond acceptors (Lipinski definition) is 5. The van der Waals surface area contributed by atoms with E-state index in [4.69, 9.17) is 0 Å². The number of halogens is 3. The Morgan fingerprint density at radius 2 is 1.68 bits per heavy atom. The summed E-state index contributed by atoms with van der Waals surface area (Å²) in [5.41, 5.74) is 0.680. The van der Waals surface area contributed by atoms with Crippen LogP contribution in [-0.2, 0) is 10.0 Å². The van der Waals surface area contributed by atoms with Gasteiger partial charge in [0.25, 0.3) is 15.9 Å². The van der Waals surface area contributed by atoms with Gasteiger partial charge >= 0.3 is 0 Å². The van der Waals surface area contributed by atoms with Crippen LogP contribution in [0.15, 0.2) is 77.8 Å². The Balaban J connectivity index is 1.27. The molecule has 1 aliphatic rings. The van der Waals surface area contributed by atoms with E-state index < -0.39 is 33.5 Å². The first-order valence-corrected chi connectivity index (χ1v) is 14.2. The summed E-state index contributed by atoms with van der Waals surface area (Å²) in [7, 11) is -3.94. The van der Waals surface area contributed by atoms with E-state index in [9.17, 15) is 26.4 Å².